The van der Waals surface area contributed by atoms with Crippen LogP contribution in [0.3, 0.4) is 0 Å². The van der Waals surface area contributed by atoms with Crippen LogP contribution >= 0.6 is 24.0 Å². The molecule has 1 amide bonds. The average Bonchev–Trinajstić information content (AvgIpc) is 3.43. The molecule has 0 saturated carbocycles. The molecule has 3 aromatic rings. The number of nitro groups is 1. The number of rotatable bonds is 10. The molecule has 1 aliphatic heterocycles. The van der Waals surface area contributed by atoms with Gasteiger partial charge in [0.25, 0.3) is 11.6 Å². The van der Waals surface area contributed by atoms with Crippen molar-refractivity contribution in [3.8, 4) is 16.9 Å². The lowest BCUT2D eigenvalue weighted by Crippen LogP contribution is -2.33. The quantitative estimate of drug-likeness (QED) is 0.126. The minimum Gasteiger partial charge on any atom is -0.293 e. The summed E-state index contributed by atoms with van der Waals surface area (Å²) < 4.78 is 2.28. The summed E-state index contributed by atoms with van der Waals surface area (Å²) in [5.41, 5.74) is 2.68. The molecule has 2 heterocycles. The topological polar surface area (TPSA) is 81.3 Å². The number of hydrogen-bond donors (Lipinski definition) is 0. The van der Waals surface area contributed by atoms with Crippen LogP contribution in [0, 0.1) is 16.0 Å². The number of carbonyl (C=O) groups is 1. The van der Waals surface area contributed by atoms with E-state index < -0.39 is 4.92 Å². The molecule has 0 bridgehead atoms. The molecule has 0 aliphatic carbocycles. The summed E-state index contributed by atoms with van der Waals surface area (Å²) >= 11 is 6.87. The Morgan fingerprint density at radius 3 is 2.64 bits per heavy atom. The summed E-state index contributed by atoms with van der Waals surface area (Å²) in [5.74, 6) is 0.311. The number of thiocarbonyl (C=S) groups is 1. The van der Waals surface area contributed by atoms with Crippen molar-refractivity contribution in [3.05, 3.63) is 81.4 Å². The van der Waals surface area contributed by atoms with Gasteiger partial charge in [0.2, 0.25) is 0 Å². The lowest BCUT2D eigenvalue weighted by molar-refractivity contribution is -0.384. The first kappa shape index (κ1) is 25.8. The molecule has 0 radical (unpaired) electrons. The molecule has 1 aromatic heterocycles. The minimum atomic E-state index is -0.425. The predicted octanol–water partition coefficient (Wildman–Crippen LogP) is 6.87. The third kappa shape index (κ3) is 5.74. The summed E-state index contributed by atoms with van der Waals surface area (Å²) in [6, 6.07) is 16.0. The molecular weight excluding hydrogens is 492 g/mol. The van der Waals surface area contributed by atoms with Crippen molar-refractivity contribution >= 4 is 46.0 Å². The standard InChI is InChI=1S/C27H28N4O3S2/c1-3-5-10-19(4-2)17-29-26(32)24(36-27(29)35)16-21-18-30(22-12-7-6-8-13-22)28-25(21)20-11-9-14-23(15-20)31(33)34/h6-9,11-16,18-19H,3-5,10,17H2,1-2H3/b24-16+. The Bertz CT molecular complexity index is 1300. The van der Waals surface area contributed by atoms with E-state index in [0.29, 0.717) is 38.5 Å². The van der Waals surface area contributed by atoms with E-state index in [9.17, 15) is 14.9 Å². The number of benzene rings is 2. The summed E-state index contributed by atoms with van der Waals surface area (Å²) in [6.07, 6.45) is 7.97. The van der Waals surface area contributed by atoms with Gasteiger partial charge >= 0.3 is 0 Å². The second kappa shape index (κ2) is 11.6. The van der Waals surface area contributed by atoms with Crippen molar-refractivity contribution in [2.24, 2.45) is 5.92 Å². The van der Waals surface area contributed by atoms with E-state index in [4.69, 9.17) is 17.3 Å². The van der Waals surface area contributed by atoms with Gasteiger partial charge < -0.3 is 0 Å². The molecule has 186 valence electrons. The van der Waals surface area contributed by atoms with E-state index in [1.165, 1.54) is 23.9 Å². The first-order valence-corrected chi connectivity index (χ1v) is 13.3. The monoisotopic (exact) mass is 520 g/mol. The van der Waals surface area contributed by atoms with Crippen LogP contribution in [0.15, 0.2) is 65.7 Å². The zero-order valence-corrected chi connectivity index (χ0v) is 21.9. The average molecular weight is 521 g/mol. The second-order valence-corrected chi connectivity index (χ2v) is 10.4. The van der Waals surface area contributed by atoms with Crippen LogP contribution in [0.25, 0.3) is 23.0 Å². The summed E-state index contributed by atoms with van der Waals surface area (Å²) in [4.78, 5) is 26.5. The van der Waals surface area contributed by atoms with Crippen LogP contribution in [0.1, 0.15) is 45.1 Å². The molecule has 7 nitrogen and oxygen atoms in total. The number of para-hydroxylation sites is 1. The third-order valence-electron chi connectivity index (χ3n) is 6.24. The van der Waals surface area contributed by atoms with Crippen molar-refractivity contribution in [1.29, 1.82) is 0 Å². The van der Waals surface area contributed by atoms with Gasteiger partial charge in [-0.1, -0.05) is 87.4 Å². The summed E-state index contributed by atoms with van der Waals surface area (Å²) in [5, 5.41) is 16.1. The van der Waals surface area contributed by atoms with E-state index in [1.807, 2.05) is 36.5 Å². The highest BCUT2D eigenvalue weighted by molar-refractivity contribution is 8.26. The minimum absolute atomic E-state index is 0.0169. The Kier molecular flexibility index (Phi) is 8.32. The van der Waals surface area contributed by atoms with Crippen molar-refractivity contribution < 1.29 is 9.72 Å². The van der Waals surface area contributed by atoms with Crippen LogP contribution in [0.5, 0.6) is 0 Å². The zero-order valence-electron chi connectivity index (χ0n) is 20.3. The lowest BCUT2D eigenvalue weighted by atomic mass is 9.99. The molecular formula is C27H28N4O3S2. The van der Waals surface area contributed by atoms with Crippen LogP contribution in [0.4, 0.5) is 5.69 Å². The number of nitro benzene ring substituents is 1. The molecule has 0 spiro atoms. The number of hydrogen-bond acceptors (Lipinski definition) is 6. The highest BCUT2D eigenvalue weighted by atomic mass is 32.2. The maximum absolute atomic E-state index is 13.3. The van der Waals surface area contributed by atoms with E-state index in [0.717, 1.165) is 31.4 Å². The van der Waals surface area contributed by atoms with Gasteiger partial charge in [0.1, 0.15) is 10.0 Å². The zero-order chi connectivity index (χ0) is 25.7. The highest BCUT2D eigenvalue weighted by Gasteiger charge is 2.33. The number of carbonyl (C=O) groups excluding carboxylic acids is 1. The predicted molar refractivity (Wildman–Crippen MR) is 149 cm³/mol. The van der Waals surface area contributed by atoms with Crippen molar-refractivity contribution in [3.63, 3.8) is 0 Å². The smallest absolute Gasteiger partial charge is 0.270 e. The van der Waals surface area contributed by atoms with E-state index in [2.05, 4.69) is 13.8 Å². The fourth-order valence-electron chi connectivity index (χ4n) is 4.17. The molecule has 4 rings (SSSR count). The lowest BCUT2D eigenvalue weighted by Gasteiger charge is -2.21. The number of aromatic nitrogens is 2. The number of amides is 1. The van der Waals surface area contributed by atoms with Crippen LogP contribution in [-0.2, 0) is 4.79 Å². The maximum atomic E-state index is 13.3. The van der Waals surface area contributed by atoms with Gasteiger partial charge in [-0.3, -0.25) is 19.8 Å². The van der Waals surface area contributed by atoms with Gasteiger partial charge in [0.05, 0.1) is 15.5 Å². The van der Waals surface area contributed by atoms with Gasteiger partial charge in [-0.05, 0) is 30.5 Å². The molecule has 1 atom stereocenters. The van der Waals surface area contributed by atoms with Crippen molar-refractivity contribution in [2.75, 3.05) is 6.54 Å². The normalized spacial score (nSPS) is 15.6. The Balaban J connectivity index is 1.71. The SMILES string of the molecule is CCCCC(CC)CN1C(=O)/C(=C\c2cn(-c3ccccc3)nc2-c2cccc([N+](=O)[O-])c2)SC1=S. The third-order valence-corrected chi connectivity index (χ3v) is 7.62. The van der Waals surface area contributed by atoms with Crippen molar-refractivity contribution in [2.45, 2.75) is 39.5 Å². The Morgan fingerprint density at radius 1 is 1.17 bits per heavy atom. The molecule has 9 heteroatoms. The van der Waals surface area contributed by atoms with E-state index in [-0.39, 0.29) is 11.6 Å². The summed E-state index contributed by atoms with van der Waals surface area (Å²) in [6.45, 7) is 4.94. The molecule has 1 unspecified atom stereocenters. The van der Waals surface area contributed by atoms with E-state index in [1.54, 1.807) is 27.8 Å². The number of thioether (sulfide) groups is 1. The summed E-state index contributed by atoms with van der Waals surface area (Å²) in [7, 11) is 0. The number of nitrogens with zero attached hydrogens (tertiary/aromatic N) is 4. The first-order valence-electron chi connectivity index (χ1n) is 12.1. The highest BCUT2D eigenvalue weighted by Crippen LogP contribution is 2.36. The molecule has 1 aliphatic rings. The van der Waals surface area contributed by atoms with Crippen LogP contribution < -0.4 is 0 Å². The van der Waals surface area contributed by atoms with Gasteiger partial charge in [-0.2, -0.15) is 5.10 Å². The molecule has 1 fully saturated rings. The fraction of sp³-hybridized carbons (Fsp3) is 0.296. The van der Waals surface area contributed by atoms with Crippen LogP contribution in [0.2, 0.25) is 0 Å². The number of non-ortho nitro benzene ring substituents is 1. The van der Waals surface area contributed by atoms with Gasteiger partial charge in [0, 0.05) is 36.0 Å². The fourth-order valence-corrected chi connectivity index (χ4v) is 5.44. The largest absolute Gasteiger partial charge is 0.293 e. The van der Waals surface area contributed by atoms with Gasteiger partial charge in [-0.25, -0.2) is 4.68 Å². The van der Waals surface area contributed by atoms with E-state index >= 15 is 0 Å². The molecule has 2 aromatic carbocycles. The van der Waals surface area contributed by atoms with Gasteiger partial charge in [0.15, 0.2) is 0 Å². The maximum Gasteiger partial charge on any atom is 0.270 e. The Morgan fingerprint density at radius 2 is 1.94 bits per heavy atom. The van der Waals surface area contributed by atoms with Crippen molar-refractivity contribution in [1.82, 2.24) is 14.7 Å². The Labute approximate surface area is 220 Å². The molecule has 0 N–H and O–H groups in total. The Hall–Kier alpha value is -3.30. The second-order valence-electron chi connectivity index (χ2n) is 8.73. The first-order chi connectivity index (χ1) is 17.4. The molecule has 36 heavy (non-hydrogen) atoms. The van der Waals surface area contributed by atoms with Crippen LogP contribution in [-0.4, -0.2) is 36.4 Å². The van der Waals surface area contributed by atoms with Gasteiger partial charge in [-0.15, -0.1) is 0 Å². The number of unbranched alkanes of at least 4 members (excludes halogenated alkanes) is 1. The molecule has 1 saturated heterocycles.